The first-order valence-electron chi connectivity index (χ1n) is 7.60. The highest BCUT2D eigenvalue weighted by Crippen LogP contribution is 2.33. The van der Waals surface area contributed by atoms with Crippen molar-refractivity contribution in [3.8, 4) is 0 Å². The van der Waals surface area contributed by atoms with Gasteiger partial charge in [-0.2, -0.15) is 5.10 Å². The highest BCUT2D eigenvalue weighted by Gasteiger charge is 2.36. The Balaban J connectivity index is 1.61. The summed E-state index contributed by atoms with van der Waals surface area (Å²) in [4.78, 5) is 2.62. The molecule has 0 spiro atoms. The van der Waals surface area contributed by atoms with E-state index in [1.807, 2.05) is 17.9 Å². The van der Waals surface area contributed by atoms with E-state index in [9.17, 15) is 0 Å². The first-order valence-corrected chi connectivity index (χ1v) is 7.60. The second-order valence-corrected chi connectivity index (χ2v) is 6.41. The van der Waals surface area contributed by atoms with Crippen LogP contribution in [0, 0.1) is 0 Å². The molecular formula is C15H26N4. The third-order valence-electron chi connectivity index (χ3n) is 5.05. The number of piperidine rings is 2. The van der Waals surface area contributed by atoms with E-state index in [-0.39, 0.29) is 0 Å². The van der Waals surface area contributed by atoms with Crippen LogP contribution in [0.15, 0.2) is 12.4 Å². The van der Waals surface area contributed by atoms with Gasteiger partial charge in [0.1, 0.15) is 0 Å². The van der Waals surface area contributed by atoms with Gasteiger partial charge in [0.2, 0.25) is 0 Å². The van der Waals surface area contributed by atoms with E-state index in [2.05, 4.69) is 35.5 Å². The summed E-state index contributed by atoms with van der Waals surface area (Å²) in [5.74, 6) is 0. The van der Waals surface area contributed by atoms with Crippen molar-refractivity contribution in [2.24, 2.45) is 7.05 Å². The molecule has 1 aromatic rings. The van der Waals surface area contributed by atoms with Crippen LogP contribution in [0.2, 0.25) is 0 Å². The fourth-order valence-corrected chi connectivity index (χ4v) is 3.87. The summed E-state index contributed by atoms with van der Waals surface area (Å²) in [5, 5.41) is 8.09. The summed E-state index contributed by atoms with van der Waals surface area (Å²) in [7, 11) is 4.30. The van der Waals surface area contributed by atoms with Crippen LogP contribution in [-0.4, -0.2) is 39.9 Å². The fourth-order valence-electron chi connectivity index (χ4n) is 3.87. The smallest absolute Gasteiger partial charge is 0.0537 e. The Hall–Kier alpha value is -0.870. The molecule has 2 aliphatic heterocycles. The Morgan fingerprint density at radius 3 is 2.53 bits per heavy atom. The third-order valence-corrected chi connectivity index (χ3v) is 5.05. The topological polar surface area (TPSA) is 33.1 Å². The molecule has 3 heterocycles. The molecule has 4 nitrogen and oxygen atoms in total. The molecule has 19 heavy (non-hydrogen) atoms. The van der Waals surface area contributed by atoms with Crippen molar-refractivity contribution >= 4 is 0 Å². The zero-order valence-electron chi connectivity index (χ0n) is 12.3. The minimum atomic E-state index is 0.405. The normalized spacial score (nSPS) is 33.3. The molecule has 0 aromatic carbocycles. The fraction of sp³-hybridized carbons (Fsp3) is 0.800. The van der Waals surface area contributed by atoms with Crippen molar-refractivity contribution in [2.45, 2.75) is 63.2 Å². The highest BCUT2D eigenvalue weighted by atomic mass is 15.2. The highest BCUT2D eigenvalue weighted by molar-refractivity contribution is 5.10. The molecule has 1 N–H and O–H groups in total. The average Bonchev–Trinajstić information content (AvgIpc) is 2.77. The van der Waals surface area contributed by atoms with Crippen LogP contribution in [0.4, 0.5) is 0 Å². The zero-order valence-corrected chi connectivity index (χ0v) is 12.3. The lowest BCUT2D eigenvalue weighted by atomic mass is 9.82. The summed E-state index contributed by atoms with van der Waals surface area (Å²) in [5.41, 5.74) is 1.30. The Bertz CT molecular complexity index is 414. The lowest BCUT2D eigenvalue weighted by molar-refractivity contribution is 0.0463. The largest absolute Gasteiger partial charge is 0.307 e. The summed E-state index contributed by atoms with van der Waals surface area (Å²) in [6.07, 6.45) is 10.9. The number of hydrogen-bond donors (Lipinski definition) is 1. The van der Waals surface area contributed by atoms with E-state index >= 15 is 0 Å². The van der Waals surface area contributed by atoms with Crippen molar-refractivity contribution in [2.75, 3.05) is 7.05 Å². The second-order valence-electron chi connectivity index (χ2n) is 6.41. The molecule has 4 heteroatoms. The number of aromatic nitrogens is 2. The number of rotatable bonds is 3. The Morgan fingerprint density at radius 1 is 1.26 bits per heavy atom. The number of aryl methyl sites for hydroxylation is 1. The van der Waals surface area contributed by atoms with Gasteiger partial charge in [0.05, 0.1) is 6.20 Å². The van der Waals surface area contributed by atoms with Gasteiger partial charge in [-0.15, -0.1) is 0 Å². The maximum Gasteiger partial charge on any atom is 0.0537 e. The van der Waals surface area contributed by atoms with Crippen molar-refractivity contribution < 1.29 is 0 Å². The summed E-state index contributed by atoms with van der Waals surface area (Å²) in [6.45, 7) is 2.26. The molecule has 1 aromatic heterocycles. The Kier molecular flexibility index (Phi) is 3.63. The van der Waals surface area contributed by atoms with Crippen molar-refractivity contribution in [1.82, 2.24) is 20.0 Å². The van der Waals surface area contributed by atoms with Gasteiger partial charge in [-0.3, -0.25) is 4.68 Å². The van der Waals surface area contributed by atoms with Gasteiger partial charge in [0.15, 0.2) is 0 Å². The summed E-state index contributed by atoms with van der Waals surface area (Å²) < 4.78 is 1.89. The monoisotopic (exact) mass is 262 g/mol. The van der Waals surface area contributed by atoms with Crippen LogP contribution in [-0.2, 0) is 7.05 Å². The van der Waals surface area contributed by atoms with Crippen LogP contribution in [0.25, 0.3) is 0 Å². The van der Waals surface area contributed by atoms with Gasteiger partial charge in [0.25, 0.3) is 0 Å². The van der Waals surface area contributed by atoms with Crippen LogP contribution >= 0.6 is 0 Å². The first-order chi connectivity index (χ1) is 9.13. The average molecular weight is 262 g/mol. The van der Waals surface area contributed by atoms with E-state index in [0.717, 1.165) is 12.1 Å². The molecule has 2 aliphatic rings. The number of nitrogens with one attached hydrogen (secondary N) is 1. The molecule has 0 saturated carbocycles. The summed E-state index contributed by atoms with van der Waals surface area (Å²) in [6, 6.07) is 2.67. The molecule has 106 valence electrons. The molecule has 0 radical (unpaired) electrons. The van der Waals surface area contributed by atoms with Crippen LogP contribution in [0.3, 0.4) is 0 Å². The predicted molar refractivity (Wildman–Crippen MR) is 77.0 cm³/mol. The maximum atomic E-state index is 4.27. The van der Waals surface area contributed by atoms with E-state index in [1.54, 1.807) is 0 Å². The van der Waals surface area contributed by atoms with Gasteiger partial charge in [-0.05, 0) is 39.7 Å². The Labute approximate surface area is 116 Å². The number of fused-ring (bicyclic) bond motifs is 2. The molecular weight excluding hydrogens is 236 g/mol. The minimum absolute atomic E-state index is 0.405. The standard InChI is InChI=1S/C15H26N4/c1-11(12-9-16-18(2)10-12)17-13-7-14-5-4-6-15(8-13)19(14)3/h9-11,13-15,17H,4-8H2,1-3H3. The quantitative estimate of drug-likeness (QED) is 0.905. The lowest BCUT2D eigenvalue weighted by Gasteiger charge is -2.47. The second kappa shape index (κ2) is 5.25. The van der Waals surface area contributed by atoms with Crippen molar-refractivity contribution in [1.29, 1.82) is 0 Å². The van der Waals surface area contributed by atoms with Gasteiger partial charge in [-0.1, -0.05) is 6.42 Å². The molecule has 0 amide bonds. The molecule has 0 aliphatic carbocycles. The lowest BCUT2D eigenvalue weighted by Crippen LogP contribution is -2.54. The number of nitrogens with zero attached hydrogens (tertiary/aromatic N) is 3. The van der Waals surface area contributed by atoms with Gasteiger partial charge in [-0.25, -0.2) is 0 Å². The van der Waals surface area contributed by atoms with E-state index in [4.69, 9.17) is 0 Å². The molecule has 3 unspecified atom stereocenters. The van der Waals surface area contributed by atoms with E-state index < -0.39 is 0 Å². The van der Waals surface area contributed by atoms with E-state index in [0.29, 0.717) is 12.1 Å². The zero-order chi connectivity index (χ0) is 13.4. The van der Waals surface area contributed by atoms with Crippen molar-refractivity contribution in [3.05, 3.63) is 18.0 Å². The first kappa shape index (κ1) is 13.1. The SMILES string of the molecule is CC(NC1CC2CCCC(C1)N2C)c1cnn(C)c1. The predicted octanol–water partition coefficient (Wildman–Crippen LogP) is 2.09. The van der Waals surface area contributed by atoms with Crippen molar-refractivity contribution in [3.63, 3.8) is 0 Å². The Morgan fingerprint density at radius 2 is 1.95 bits per heavy atom. The summed E-state index contributed by atoms with van der Waals surface area (Å²) >= 11 is 0. The van der Waals surface area contributed by atoms with Crippen LogP contribution < -0.4 is 5.32 Å². The van der Waals surface area contributed by atoms with Gasteiger partial charge >= 0.3 is 0 Å². The van der Waals surface area contributed by atoms with Crippen LogP contribution in [0.1, 0.15) is 50.6 Å². The molecule has 3 atom stereocenters. The maximum absolute atomic E-state index is 4.27. The molecule has 2 bridgehead atoms. The minimum Gasteiger partial charge on any atom is -0.307 e. The molecule has 2 fully saturated rings. The third kappa shape index (κ3) is 2.70. The number of hydrogen-bond acceptors (Lipinski definition) is 3. The molecule has 3 rings (SSSR count). The molecule has 2 saturated heterocycles. The van der Waals surface area contributed by atoms with Gasteiger partial charge < -0.3 is 10.2 Å². The van der Waals surface area contributed by atoms with E-state index in [1.165, 1.54) is 37.7 Å². The van der Waals surface area contributed by atoms with Crippen LogP contribution in [0.5, 0.6) is 0 Å². The van der Waals surface area contributed by atoms with Gasteiger partial charge in [0, 0.05) is 43.0 Å².